The van der Waals surface area contributed by atoms with E-state index in [2.05, 4.69) is 15.9 Å². The van der Waals surface area contributed by atoms with Crippen molar-refractivity contribution < 1.29 is 4.79 Å². The van der Waals surface area contributed by atoms with E-state index in [-0.39, 0.29) is 5.91 Å². The molecule has 1 fully saturated rings. The maximum atomic E-state index is 11.9. The molecule has 0 N–H and O–H groups in total. The summed E-state index contributed by atoms with van der Waals surface area (Å²) in [6.07, 6.45) is 7.08. The summed E-state index contributed by atoms with van der Waals surface area (Å²) in [6.45, 7) is 1.81. The number of hydrogen-bond acceptors (Lipinski definition) is 1. The van der Waals surface area contributed by atoms with Crippen LogP contribution in [0.25, 0.3) is 6.08 Å². The van der Waals surface area contributed by atoms with Gasteiger partial charge in [-0.25, -0.2) is 0 Å². The van der Waals surface area contributed by atoms with E-state index in [1.165, 1.54) is 6.42 Å². The average molecular weight is 294 g/mol. The maximum absolute atomic E-state index is 11.9. The van der Waals surface area contributed by atoms with Gasteiger partial charge in [-0.2, -0.15) is 0 Å². The number of likely N-dealkylation sites (tertiary alicyclic amines) is 1. The zero-order valence-electron chi connectivity index (χ0n) is 9.73. The minimum absolute atomic E-state index is 0.132. The third kappa shape index (κ3) is 3.70. The molecule has 2 nitrogen and oxygen atoms in total. The molecular weight excluding hydrogens is 278 g/mol. The Morgan fingerprint density at radius 1 is 1.12 bits per heavy atom. The molecule has 0 spiro atoms. The molecule has 90 valence electrons. The number of benzene rings is 1. The molecule has 1 heterocycles. The molecule has 1 aromatic rings. The number of amides is 1. The highest BCUT2D eigenvalue weighted by Crippen LogP contribution is 2.13. The zero-order chi connectivity index (χ0) is 12.1. The van der Waals surface area contributed by atoms with E-state index in [0.29, 0.717) is 0 Å². The summed E-state index contributed by atoms with van der Waals surface area (Å²) in [5, 5.41) is 0. The Hall–Kier alpha value is -1.09. The molecule has 1 aromatic carbocycles. The van der Waals surface area contributed by atoms with Gasteiger partial charge in [-0.15, -0.1) is 0 Å². The molecule has 0 bridgehead atoms. The van der Waals surface area contributed by atoms with E-state index >= 15 is 0 Å². The molecule has 0 atom stereocenters. The molecule has 2 rings (SSSR count). The van der Waals surface area contributed by atoms with E-state index in [9.17, 15) is 4.79 Å². The standard InChI is InChI=1S/C14H16BrNO/c15-13-7-4-12(5-8-13)6-9-14(17)16-10-2-1-3-11-16/h4-9H,1-3,10-11H2/b9-6+. The largest absolute Gasteiger partial charge is 0.339 e. The molecule has 1 aliphatic rings. The van der Waals surface area contributed by atoms with Crippen LogP contribution in [0.3, 0.4) is 0 Å². The van der Waals surface area contributed by atoms with Gasteiger partial charge in [0, 0.05) is 23.6 Å². The zero-order valence-corrected chi connectivity index (χ0v) is 11.3. The summed E-state index contributed by atoms with van der Waals surface area (Å²) in [4.78, 5) is 13.8. The third-order valence-electron chi connectivity index (χ3n) is 2.96. The van der Waals surface area contributed by atoms with Crippen molar-refractivity contribution in [3.63, 3.8) is 0 Å². The van der Waals surface area contributed by atoms with Crippen molar-refractivity contribution in [2.75, 3.05) is 13.1 Å². The fourth-order valence-corrected chi connectivity index (χ4v) is 2.23. The molecule has 17 heavy (non-hydrogen) atoms. The first-order chi connectivity index (χ1) is 8.25. The van der Waals surface area contributed by atoms with Crippen LogP contribution in [0.15, 0.2) is 34.8 Å². The minimum Gasteiger partial charge on any atom is -0.339 e. The van der Waals surface area contributed by atoms with Gasteiger partial charge in [-0.1, -0.05) is 28.1 Å². The molecule has 0 unspecified atom stereocenters. The summed E-state index contributed by atoms with van der Waals surface area (Å²) < 4.78 is 1.05. The lowest BCUT2D eigenvalue weighted by Gasteiger charge is -2.25. The first-order valence-corrected chi connectivity index (χ1v) is 6.77. The maximum Gasteiger partial charge on any atom is 0.246 e. The SMILES string of the molecule is O=C(/C=C/c1ccc(Br)cc1)N1CCCCC1. The molecule has 0 radical (unpaired) electrons. The third-order valence-corrected chi connectivity index (χ3v) is 3.48. The smallest absolute Gasteiger partial charge is 0.246 e. The van der Waals surface area contributed by atoms with Crippen LogP contribution in [0.5, 0.6) is 0 Å². The van der Waals surface area contributed by atoms with E-state index in [4.69, 9.17) is 0 Å². The van der Waals surface area contributed by atoms with Crippen LogP contribution in [0.4, 0.5) is 0 Å². The fraction of sp³-hybridized carbons (Fsp3) is 0.357. The van der Waals surface area contributed by atoms with Crippen molar-refractivity contribution in [2.45, 2.75) is 19.3 Å². The van der Waals surface area contributed by atoms with Crippen LogP contribution in [0, 0.1) is 0 Å². The lowest BCUT2D eigenvalue weighted by atomic mass is 10.1. The van der Waals surface area contributed by atoms with E-state index in [1.807, 2.05) is 35.2 Å². The number of carbonyl (C=O) groups excluding carboxylic acids is 1. The average Bonchev–Trinajstić information content (AvgIpc) is 2.39. The summed E-state index contributed by atoms with van der Waals surface area (Å²) in [5.74, 6) is 0.132. The van der Waals surface area contributed by atoms with Crippen LogP contribution in [-0.4, -0.2) is 23.9 Å². The van der Waals surface area contributed by atoms with Gasteiger partial charge < -0.3 is 4.90 Å². The Bertz CT molecular complexity index is 405. The number of nitrogens with zero attached hydrogens (tertiary/aromatic N) is 1. The van der Waals surface area contributed by atoms with Gasteiger partial charge >= 0.3 is 0 Å². The van der Waals surface area contributed by atoms with Crippen molar-refractivity contribution in [3.05, 3.63) is 40.4 Å². The van der Waals surface area contributed by atoms with E-state index < -0.39 is 0 Å². The van der Waals surface area contributed by atoms with Crippen molar-refractivity contribution in [1.82, 2.24) is 4.90 Å². The lowest BCUT2D eigenvalue weighted by molar-refractivity contribution is -0.126. The molecule has 1 saturated heterocycles. The van der Waals surface area contributed by atoms with E-state index in [1.54, 1.807) is 6.08 Å². The first kappa shape index (κ1) is 12.4. The Morgan fingerprint density at radius 3 is 2.41 bits per heavy atom. The Kier molecular flexibility index (Phi) is 4.37. The second kappa shape index (κ2) is 6.01. The summed E-state index contributed by atoms with van der Waals surface area (Å²) in [5.41, 5.74) is 1.05. The van der Waals surface area contributed by atoms with Crippen LogP contribution >= 0.6 is 15.9 Å². The summed E-state index contributed by atoms with van der Waals surface area (Å²) >= 11 is 3.39. The highest BCUT2D eigenvalue weighted by Gasteiger charge is 2.13. The Balaban J connectivity index is 1.95. The van der Waals surface area contributed by atoms with Gasteiger partial charge in [0.05, 0.1) is 0 Å². The van der Waals surface area contributed by atoms with Crippen molar-refractivity contribution >= 4 is 27.9 Å². The van der Waals surface area contributed by atoms with Gasteiger partial charge in [-0.05, 0) is 43.0 Å². The number of carbonyl (C=O) groups is 1. The highest BCUT2D eigenvalue weighted by atomic mass is 79.9. The first-order valence-electron chi connectivity index (χ1n) is 5.98. The van der Waals surface area contributed by atoms with Gasteiger partial charge in [-0.3, -0.25) is 4.79 Å². The quantitative estimate of drug-likeness (QED) is 0.765. The molecule has 3 heteroatoms. The number of hydrogen-bond donors (Lipinski definition) is 0. The number of piperidine rings is 1. The van der Waals surface area contributed by atoms with Crippen LogP contribution in [0.1, 0.15) is 24.8 Å². The van der Waals surface area contributed by atoms with Crippen LogP contribution < -0.4 is 0 Å². The molecule has 0 aliphatic carbocycles. The van der Waals surface area contributed by atoms with Gasteiger partial charge in [0.2, 0.25) is 5.91 Å². The van der Waals surface area contributed by atoms with Crippen LogP contribution in [0.2, 0.25) is 0 Å². The number of halogens is 1. The molecule has 0 aromatic heterocycles. The molecule has 0 saturated carbocycles. The molecular formula is C14H16BrNO. The van der Waals surface area contributed by atoms with Crippen LogP contribution in [-0.2, 0) is 4.79 Å². The van der Waals surface area contributed by atoms with Gasteiger partial charge in [0.15, 0.2) is 0 Å². The second-order valence-corrected chi connectivity index (χ2v) is 5.19. The summed E-state index contributed by atoms with van der Waals surface area (Å²) in [6, 6.07) is 7.93. The normalized spacial score (nSPS) is 16.4. The number of rotatable bonds is 2. The Labute approximate surface area is 110 Å². The molecule has 1 amide bonds. The second-order valence-electron chi connectivity index (χ2n) is 4.27. The Morgan fingerprint density at radius 2 is 1.76 bits per heavy atom. The van der Waals surface area contributed by atoms with Crippen molar-refractivity contribution in [1.29, 1.82) is 0 Å². The van der Waals surface area contributed by atoms with Crippen molar-refractivity contribution in [3.8, 4) is 0 Å². The monoisotopic (exact) mass is 293 g/mol. The fourth-order valence-electron chi connectivity index (χ4n) is 1.96. The van der Waals surface area contributed by atoms with E-state index in [0.717, 1.165) is 36.0 Å². The topological polar surface area (TPSA) is 20.3 Å². The summed E-state index contributed by atoms with van der Waals surface area (Å²) in [7, 11) is 0. The van der Waals surface area contributed by atoms with Crippen molar-refractivity contribution in [2.24, 2.45) is 0 Å². The highest BCUT2D eigenvalue weighted by molar-refractivity contribution is 9.10. The minimum atomic E-state index is 0.132. The predicted octanol–water partition coefficient (Wildman–Crippen LogP) is 3.47. The predicted molar refractivity (Wildman–Crippen MR) is 73.6 cm³/mol. The molecule has 1 aliphatic heterocycles. The van der Waals surface area contributed by atoms with Gasteiger partial charge in [0.25, 0.3) is 0 Å². The van der Waals surface area contributed by atoms with Gasteiger partial charge in [0.1, 0.15) is 0 Å². The lowest BCUT2D eigenvalue weighted by Crippen LogP contribution is -2.34.